The molecule has 1 aromatic rings. The van der Waals surface area contributed by atoms with Crippen molar-refractivity contribution in [3.05, 3.63) is 29.8 Å². The third-order valence-electron chi connectivity index (χ3n) is 5.98. The second-order valence-electron chi connectivity index (χ2n) is 8.11. The SMILES string of the molecule is CC(C)N1CCCN(C(=O)C2CCN(c3ccc(C(F)(F)F)cc3)CC2)CC1.Cl. The van der Waals surface area contributed by atoms with Gasteiger partial charge in [0.15, 0.2) is 0 Å². The van der Waals surface area contributed by atoms with Crippen LogP contribution in [0.1, 0.15) is 38.7 Å². The fraction of sp³-hybridized carbons (Fsp3) is 0.667. The van der Waals surface area contributed by atoms with Gasteiger partial charge < -0.3 is 9.80 Å². The topological polar surface area (TPSA) is 26.8 Å². The zero-order chi connectivity index (χ0) is 20.3. The van der Waals surface area contributed by atoms with Crippen LogP contribution in [0, 0.1) is 5.92 Å². The third-order valence-corrected chi connectivity index (χ3v) is 5.98. The Balaban J connectivity index is 0.00000300. The largest absolute Gasteiger partial charge is 0.416 e. The summed E-state index contributed by atoms with van der Waals surface area (Å²) in [5.41, 5.74) is 0.166. The highest BCUT2D eigenvalue weighted by atomic mass is 35.5. The van der Waals surface area contributed by atoms with E-state index in [0.29, 0.717) is 19.1 Å². The molecule has 4 nitrogen and oxygen atoms in total. The number of hydrogen-bond donors (Lipinski definition) is 0. The fourth-order valence-electron chi connectivity index (χ4n) is 4.18. The predicted molar refractivity (Wildman–Crippen MR) is 112 cm³/mol. The molecule has 0 bridgehead atoms. The van der Waals surface area contributed by atoms with Gasteiger partial charge in [-0.2, -0.15) is 13.2 Å². The monoisotopic (exact) mass is 433 g/mol. The zero-order valence-electron chi connectivity index (χ0n) is 17.1. The van der Waals surface area contributed by atoms with Gasteiger partial charge in [-0.05, 0) is 57.4 Å². The summed E-state index contributed by atoms with van der Waals surface area (Å²) in [5, 5.41) is 0. The smallest absolute Gasteiger partial charge is 0.371 e. The molecule has 2 fully saturated rings. The minimum absolute atomic E-state index is 0. The number of benzene rings is 1. The maximum absolute atomic E-state index is 12.9. The van der Waals surface area contributed by atoms with Crippen LogP contribution in [-0.4, -0.2) is 61.0 Å². The number of amides is 1. The summed E-state index contributed by atoms with van der Waals surface area (Å²) in [5.74, 6) is 0.272. The summed E-state index contributed by atoms with van der Waals surface area (Å²) >= 11 is 0. The molecule has 2 saturated heterocycles. The van der Waals surface area contributed by atoms with Crippen LogP contribution >= 0.6 is 12.4 Å². The summed E-state index contributed by atoms with van der Waals surface area (Å²) in [4.78, 5) is 19.5. The summed E-state index contributed by atoms with van der Waals surface area (Å²) < 4.78 is 38.2. The van der Waals surface area contributed by atoms with Crippen molar-refractivity contribution in [3.63, 3.8) is 0 Å². The lowest BCUT2D eigenvalue weighted by Gasteiger charge is -2.35. The minimum Gasteiger partial charge on any atom is -0.371 e. The standard InChI is InChI=1S/C21H30F3N3O.ClH/c1-16(2)25-10-3-11-27(15-14-25)20(28)17-8-12-26(13-9-17)19-6-4-18(5-7-19)21(22,23)24;/h4-7,16-17H,3,8-15H2,1-2H3;1H. The molecule has 0 atom stereocenters. The van der Waals surface area contributed by atoms with Gasteiger partial charge in [0, 0.05) is 56.9 Å². The maximum Gasteiger partial charge on any atom is 0.416 e. The Kier molecular flexibility index (Phi) is 8.23. The number of alkyl halides is 3. The van der Waals surface area contributed by atoms with Gasteiger partial charge in [0.2, 0.25) is 5.91 Å². The molecule has 0 aromatic heterocycles. The second kappa shape index (κ2) is 10.0. The van der Waals surface area contributed by atoms with Crippen LogP contribution in [0.15, 0.2) is 24.3 Å². The molecule has 164 valence electrons. The Morgan fingerprint density at radius 2 is 1.59 bits per heavy atom. The number of nitrogens with zero attached hydrogens (tertiary/aromatic N) is 3. The minimum atomic E-state index is -4.31. The molecular formula is C21H31ClF3N3O. The number of piperidine rings is 1. The molecular weight excluding hydrogens is 403 g/mol. The van der Waals surface area contributed by atoms with Gasteiger partial charge >= 0.3 is 6.18 Å². The molecule has 0 unspecified atom stereocenters. The number of carbonyl (C=O) groups excluding carboxylic acids is 1. The van der Waals surface area contributed by atoms with Crippen LogP contribution in [0.4, 0.5) is 18.9 Å². The average molecular weight is 434 g/mol. The van der Waals surface area contributed by atoms with Crippen molar-refractivity contribution in [2.45, 2.75) is 45.3 Å². The van der Waals surface area contributed by atoms with Crippen molar-refractivity contribution in [2.24, 2.45) is 5.92 Å². The number of anilines is 1. The highest BCUT2D eigenvalue weighted by Gasteiger charge is 2.32. The summed E-state index contributed by atoms with van der Waals surface area (Å²) in [6, 6.07) is 5.82. The Hall–Kier alpha value is -1.47. The Bertz CT molecular complexity index is 658. The van der Waals surface area contributed by atoms with Crippen LogP contribution in [0.2, 0.25) is 0 Å². The Morgan fingerprint density at radius 3 is 2.14 bits per heavy atom. The third kappa shape index (κ3) is 6.01. The average Bonchev–Trinajstić information content (AvgIpc) is 2.93. The van der Waals surface area contributed by atoms with Crippen molar-refractivity contribution in [1.82, 2.24) is 9.80 Å². The normalized spacial score (nSPS) is 19.8. The van der Waals surface area contributed by atoms with Gasteiger partial charge in [0.1, 0.15) is 0 Å². The number of rotatable bonds is 3. The first kappa shape index (κ1) is 23.8. The molecule has 0 N–H and O–H groups in total. The van der Waals surface area contributed by atoms with Crippen LogP contribution in [0.3, 0.4) is 0 Å². The molecule has 29 heavy (non-hydrogen) atoms. The number of halogens is 4. The summed E-state index contributed by atoms with van der Waals surface area (Å²) in [7, 11) is 0. The zero-order valence-corrected chi connectivity index (χ0v) is 17.9. The molecule has 0 spiro atoms. The van der Waals surface area contributed by atoms with E-state index < -0.39 is 11.7 Å². The molecule has 2 heterocycles. The lowest BCUT2D eigenvalue weighted by Crippen LogP contribution is -2.44. The maximum atomic E-state index is 12.9. The first-order chi connectivity index (χ1) is 13.3. The van der Waals surface area contributed by atoms with Gasteiger partial charge in [-0.25, -0.2) is 0 Å². The van der Waals surface area contributed by atoms with Crippen LogP contribution in [-0.2, 0) is 11.0 Å². The highest BCUT2D eigenvalue weighted by molar-refractivity contribution is 5.85. The van der Waals surface area contributed by atoms with E-state index in [-0.39, 0.29) is 24.2 Å². The quantitative estimate of drug-likeness (QED) is 0.711. The molecule has 0 radical (unpaired) electrons. The highest BCUT2D eigenvalue weighted by Crippen LogP contribution is 2.31. The lowest BCUT2D eigenvalue weighted by molar-refractivity contribution is -0.138. The van der Waals surface area contributed by atoms with E-state index in [1.807, 2.05) is 4.90 Å². The first-order valence-corrected chi connectivity index (χ1v) is 10.2. The van der Waals surface area contributed by atoms with E-state index in [0.717, 1.165) is 63.3 Å². The Morgan fingerprint density at radius 1 is 0.966 bits per heavy atom. The molecule has 0 saturated carbocycles. The van der Waals surface area contributed by atoms with Gasteiger partial charge in [0.25, 0.3) is 0 Å². The molecule has 3 rings (SSSR count). The van der Waals surface area contributed by atoms with Crippen molar-refractivity contribution in [2.75, 3.05) is 44.2 Å². The summed E-state index contributed by atoms with van der Waals surface area (Å²) in [6.07, 6.45) is -1.79. The van der Waals surface area contributed by atoms with Gasteiger partial charge in [-0.1, -0.05) is 0 Å². The molecule has 2 aliphatic heterocycles. The lowest BCUT2D eigenvalue weighted by atomic mass is 9.94. The summed E-state index contributed by atoms with van der Waals surface area (Å²) in [6.45, 7) is 9.35. The van der Waals surface area contributed by atoms with Gasteiger partial charge in [-0.3, -0.25) is 9.69 Å². The first-order valence-electron chi connectivity index (χ1n) is 10.2. The Labute approximate surface area is 177 Å². The van der Waals surface area contributed by atoms with Gasteiger partial charge in [0.05, 0.1) is 5.56 Å². The second-order valence-corrected chi connectivity index (χ2v) is 8.11. The van der Waals surface area contributed by atoms with Crippen LogP contribution in [0.25, 0.3) is 0 Å². The van der Waals surface area contributed by atoms with E-state index >= 15 is 0 Å². The van der Waals surface area contributed by atoms with Crippen LogP contribution < -0.4 is 4.90 Å². The van der Waals surface area contributed by atoms with E-state index in [2.05, 4.69) is 23.6 Å². The van der Waals surface area contributed by atoms with Crippen LogP contribution in [0.5, 0.6) is 0 Å². The molecule has 1 amide bonds. The van der Waals surface area contributed by atoms with Crippen molar-refractivity contribution in [1.29, 1.82) is 0 Å². The van der Waals surface area contributed by atoms with Crippen molar-refractivity contribution in [3.8, 4) is 0 Å². The van der Waals surface area contributed by atoms with E-state index in [1.54, 1.807) is 0 Å². The number of hydrogen-bond acceptors (Lipinski definition) is 3. The van der Waals surface area contributed by atoms with E-state index in [9.17, 15) is 18.0 Å². The molecule has 0 aliphatic carbocycles. The number of carbonyl (C=O) groups is 1. The van der Waals surface area contributed by atoms with Crippen molar-refractivity contribution >= 4 is 24.0 Å². The van der Waals surface area contributed by atoms with Crippen molar-refractivity contribution < 1.29 is 18.0 Å². The molecule has 8 heteroatoms. The van der Waals surface area contributed by atoms with Gasteiger partial charge in [-0.15, -0.1) is 12.4 Å². The molecule has 1 aromatic carbocycles. The fourth-order valence-corrected chi connectivity index (χ4v) is 4.18. The predicted octanol–water partition coefficient (Wildman–Crippen LogP) is 4.29. The molecule has 2 aliphatic rings. The van der Waals surface area contributed by atoms with E-state index in [4.69, 9.17) is 0 Å². The van der Waals surface area contributed by atoms with E-state index in [1.165, 1.54) is 12.1 Å².